The van der Waals surface area contributed by atoms with E-state index in [0.717, 1.165) is 24.9 Å². The van der Waals surface area contributed by atoms with Crippen LogP contribution in [0.2, 0.25) is 0 Å². The Hall–Kier alpha value is -1.88. The van der Waals surface area contributed by atoms with Gasteiger partial charge in [0.05, 0.1) is 12.6 Å². The molecule has 1 heterocycles. The molecule has 0 spiro atoms. The summed E-state index contributed by atoms with van der Waals surface area (Å²) in [5.74, 6) is -0.0340. The summed E-state index contributed by atoms with van der Waals surface area (Å²) in [7, 11) is 1.64. The van der Waals surface area contributed by atoms with Gasteiger partial charge in [-0.2, -0.15) is 0 Å². The lowest BCUT2D eigenvalue weighted by molar-refractivity contribution is -0.127. The van der Waals surface area contributed by atoms with Gasteiger partial charge in [-0.15, -0.1) is 0 Å². The van der Waals surface area contributed by atoms with Crippen molar-refractivity contribution in [2.75, 3.05) is 20.1 Å². The summed E-state index contributed by atoms with van der Waals surface area (Å²) >= 11 is 0. The number of carbonyl (C=O) groups excluding carboxylic acids is 2. The zero-order chi connectivity index (χ0) is 15.2. The smallest absolute Gasteiger partial charge is 0.237 e. The predicted octanol–water partition coefficient (Wildman–Crippen LogP) is 0.822. The van der Waals surface area contributed by atoms with Gasteiger partial charge in [0, 0.05) is 13.6 Å². The molecular weight excluding hydrogens is 266 g/mol. The molecule has 0 aliphatic carbocycles. The number of amides is 2. The zero-order valence-corrected chi connectivity index (χ0v) is 12.7. The maximum atomic E-state index is 12.1. The molecule has 1 atom stereocenters. The normalized spacial score (nSPS) is 18.5. The molecule has 0 saturated carbocycles. The Morgan fingerprint density at radius 2 is 2.10 bits per heavy atom. The summed E-state index contributed by atoms with van der Waals surface area (Å²) in [6, 6.07) is 7.83. The Morgan fingerprint density at radius 3 is 2.81 bits per heavy atom. The zero-order valence-electron chi connectivity index (χ0n) is 12.7. The predicted molar refractivity (Wildman–Crippen MR) is 81.7 cm³/mol. The van der Waals surface area contributed by atoms with Gasteiger partial charge in [-0.05, 0) is 37.4 Å². The monoisotopic (exact) mass is 289 g/mol. The molecule has 1 fully saturated rings. The lowest BCUT2D eigenvalue weighted by atomic mass is 10.1. The van der Waals surface area contributed by atoms with Gasteiger partial charge in [0.2, 0.25) is 11.8 Å². The second kappa shape index (κ2) is 7.22. The van der Waals surface area contributed by atoms with Gasteiger partial charge >= 0.3 is 0 Å². The first-order chi connectivity index (χ1) is 10.1. The average molecular weight is 289 g/mol. The van der Waals surface area contributed by atoms with Crippen molar-refractivity contribution in [3.05, 3.63) is 35.4 Å². The van der Waals surface area contributed by atoms with Crippen LogP contribution in [0, 0.1) is 6.92 Å². The summed E-state index contributed by atoms with van der Waals surface area (Å²) in [5.41, 5.74) is 2.29. The van der Waals surface area contributed by atoms with Crippen LogP contribution in [0.25, 0.3) is 0 Å². The summed E-state index contributed by atoms with van der Waals surface area (Å²) in [6.07, 6.45) is 1.79. The topological polar surface area (TPSA) is 61.4 Å². The molecule has 5 nitrogen and oxygen atoms in total. The maximum Gasteiger partial charge on any atom is 0.237 e. The molecule has 114 valence electrons. The second-order valence-electron chi connectivity index (χ2n) is 5.45. The highest BCUT2D eigenvalue weighted by Gasteiger charge is 2.30. The van der Waals surface area contributed by atoms with Crippen molar-refractivity contribution in [1.82, 2.24) is 15.5 Å². The fourth-order valence-electron chi connectivity index (χ4n) is 2.72. The first-order valence-electron chi connectivity index (χ1n) is 7.38. The Kier molecular flexibility index (Phi) is 5.33. The SMILES string of the molecule is CNC(=O)C1CCCN1CC(=O)NCc1ccccc1C. The van der Waals surface area contributed by atoms with Crippen LogP contribution in [-0.2, 0) is 16.1 Å². The Balaban J connectivity index is 1.84. The van der Waals surface area contributed by atoms with Crippen molar-refractivity contribution >= 4 is 11.8 Å². The summed E-state index contributed by atoms with van der Waals surface area (Å²) in [5, 5.41) is 5.59. The van der Waals surface area contributed by atoms with Gasteiger partial charge in [0.25, 0.3) is 0 Å². The molecule has 2 N–H and O–H groups in total. The van der Waals surface area contributed by atoms with E-state index in [0.29, 0.717) is 6.54 Å². The number of likely N-dealkylation sites (N-methyl/N-ethyl adjacent to an activating group) is 1. The third-order valence-electron chi connectivity index (χ3n) is 4.00. The van der Waals surface area contributed by atoms with Crippen molar-refractivity contribution in [2.45, 2.75) is 32.4 Å². The Bertz CT molecular complexity index is 516. The lowest BCUT2D eigenvalue weighted by Crippen LogP contribution is -2.46. The van der Waals surface area contributed by atoms with Crippen LogP contribution in [0.15, 0.2) is 24.3 Å². The van der Waals surface area contributed by atoms with Gasteiger partial charge < -0.3 is 10.6 Å². The molecule has 1 aromatic carbocycles. The molecular formula is C16H23N3O2. The average Bonchev–Trinajstić information content (AvgIpc) is 2.93. The number of hydrogen-bond donors (Lipinski definition) is 2. The molecule has 5 heteroatoms. The lowest BCUT2D eigenvalue weighted by Gasteiger charge is -2.22. The van der Waals surface area contributed by atoms with E-state index in [1.54, 1.807) is 7.05 Å². The van der Waals surface area contributed by atoms with Gasteiger partial charge in [-0.3, -0.25) is 14.5 Å². The number of nitrogens with zero attached hydrogens (tertiary/aromatic N) is 1. The van der Waals surface area contributed by atoms with Gasteiger partial charge in [-0.1, -0.05) is 24.3 Å². The maximum absolute atomic E-state index is 12.1. The number of aryl methyl sites for hydroxylation is 1. The molecule has 1 aromatic rings. The van der Waals surface area contributed by atoms with E-state index in [-0.39, 0.29) is 24.4 Å². The molecule has 1 saturated heterocycles. The summed E-state index contributed by atoms with van der Waals surface area (Å²) in [4.78, 5) is 25.8. The minimum atomic E-state index is -0.167. The number of rotatable bonds is 5. The van der Waals surface area contributed by atoms with Gasteiger partial charge in [0.15, 0.2) is 0 Å². The van der Waals surface area contributed by atoms with E-state index in [2.05, 4.69) is 10.6 Å². The van der Waals surface area contributed by atoms with E-state index in [1.165, 1.54) is 5.56 Å². The van der Waals surface area contributed by atoms with Crippen LogP contribution in [-0.4, -0.2) is 42.9 Å². The first-order valence-corrected chi connectivity index (χ1v) is 7.38. The van der Waals surface area contributed by atoms with Crippen molar-refractivity contribution in [3.8, 4) is 0 Å². The van der Waals surface area contributed by atoms with E-state index in [1.807, 2.05) is 36.1 Å². The molecule has 2 amide bonds. The van der Waals surface area contributed by atoms with Crippen molar-refractivity contribution < 1.29 is 9.59 Å². The van der Waals surface area contributed by atoms with E-state index in [9.17, 15) is 9.59 Å². The minimum Gasteiger partial charge on any atom is -0.358 e. The van der Waals surface area contributed by atoms with Crippen LogP contribution in [0.1, 0.15) is 24.0 Å². The third kappa shape index (κ3) is 4.04. The highest BCUT2D eigenvalue weighted by atomic mass is 16.2. The Morgan fingerprint density at radius 1 is 1.33 bits per heavy atom. The van der Waals surface area contributed by atoms with E-state index >= 15 is 0 Å². The highest BCUT2D eigenvalue weighted by molar-refractivity contribution is 5.83. The number of likely N-dealkylation sites (tertiary alicyclic amines) is 1. The molecule has 0 aromatic heterocycles. The number of nitrogens with one attached hydrogen (secondary N) is 2. The highest BCUT2D eigenvalue weighted by Crippen LogP contribution is 2.16. The molecule has 0 bridgehead atoms. The standard InChI is InChI=1S/C16H23N3O2/c1-12-6-3-4-7-13(12)10-18-15(20)11-19-9-5-8-14(19)16(21)17-2/h3-4,6-7,14H,5,8-11H2,1-2H3,(H,17,21)(H,18,20). The first kappa shape index (κ1) is 15.5. The van der Waals surface area contributed by atoms with Crippen molar-refractivity contribution in [3.63, 3.8) is 0 Å². The number of carbonyl (C=O) groups is 2. The molecule has 1 aliphatic rings. The molecule has 1 unspecified atom stereocenters. The van der Waals surface area contributed by atoms with Crippen LogP contribution < -0.4 is 10.6 Å². The van der Waals surface area contributed by atoms with Gasteiger partial charge in [-0.25, -0.2) is 0 Å². The quantitative estimate of drug-likeness (QED) is 0.844. The largest absolute Gasteiger partial charge is 0.358 e. The summed E-state index contributed by atoms with van der Waals surface area (Å²) < 4.78 is 0. The molecule has 0 radical (unpaired) electrons. The van der Waals surface area contributed by atoms with Crippen LogP contribution in [0.3, 0.4) is 0 Å². The van der Waals surface area contributed by atoms with Gasteiger partial charge in [0.1, 0.15) is 0 Å². The molecule has 2 rings (SSSR count). The second-order valence-corrected chi connectivity index (χ2v) is 5.45. The molecule has 21 heavy (non-hydrogen) atoms. The molecule has 1 aliphatic heterocycles. The fourth-order valence-corrected chi connectivity index (χ4v) is 2.72. The number of benzene rings is 1. The minimum absolute atomic E-state index is 0.000737. The Labute approximate surface area is 125 Å². The van der Waals surface area contributed by atoms with Crippen LogP contribution in [0.5, 0.6) is 0 Å². The van der Waals surface area contributed by atoms with Crippen molar-refractivity contribution in [2.24, 2.45) is 0 Å². The van der Waals surface area contributed by atoms with Crippen LogP contribution >= 0.6 is 0 Å². The third-order valence-corrected chi connectivity index (χ3v) is 4.00. The van der Waals surface area contributed by atoms with Crippen molar-refractivity contribution in [1.29, 1.82) is 0 Å². The number of hydrogen-bond acceptors (Lipinski definition) is 3. The summed E-state index contributed by atoms with van der Waals surface area (Å²) in [6.45, 7) is 3.65. The fraction of sp³-hybridized carbons (Fsp3) is 0.500. The van der Waals surface area contributed by atoms with E-state index < -0.39 is 0 Å². The van der Waals surface area contributed by atoms with Crippen LogP contribution in [0.4, 0.5) is 0 Å². The van der Waals surface area contributed by atoms with E-state index in [4.69, 9.17) is 0 Å².